The minimum absolute atomic E-state index is 0.209. The Labute approximate surface area is 178 Å². The number of amides is 1. The SMILES string of the molecule is CO[C@@H](C)C(=O)N1N=C(c2cc(F)ccc2F)OC1(CCCN)c1ccccc1Cl. The van der Waals surface area contributed by atoms with Gasteiger partial charge in [-0.25, -0.2) is 8.78 Å². The number of carbonyl (C=O) groups is 1. The Bertz CT molecular complexity index is 972. The summed E-state index contributed by atoms with van der Waals surface area (Å²) in [5, 5.41) is 5.67. The van der Waals surface area contributed by atoms with E-state index in [9.17, 15) is 13.6 Å². The van der Waals surface area contributed by atoms with E-state index in [1.807, 2.05) is 0 Å². The lowest BCUT2D eigenvalue weighted by Gasteiger charge is -2.36. The predicted octanol–water partition coefficient (Wildman–Crippen LogP) is 3.77. The second-order valence-corrected chi connectivity index (χ2v) is 7.22. The first-order valence-electron chi connectivity index (χ1n) is 9.39. The van der Waals surface area contributed by atoms with Gasteiger partial charge in [0.1, 0.15) is 17.7 Å². The normalized spacial score (nSPS) is 19.4. The molecule has 0 saturated carbocycles. The molecule has 0 saturated heterocycles. The number of benzene rings is 2. The highest BCUT2D eigenvalue weighted by Gasteiger charge is 2.51. The van der Waals surface area contributed by atoms with Gasteiger partial charge in [0.2, 0.25) is 11.6 Å². The van der Waals surface area contributed by atoms with Crippen molar-refractivity contribution in [3.05, 3.63) is 70.2 Å². The number of hydrazone groups is 1. The van der Waals surface area contributed by atoms with Gasteiger partial charge in [-0.15, -0.1) is 5.10 Å². The number of halogens is 3. The van der Waals surface area contributed by atoms with Crippen LogP contribution in [0, 0.1) is 11.6 Å². The summed E-state index contributed by atoms with van der Waals surface area (Å²) in [6, 6.07) is 9.72. The fraction of sp³-hybridized carbons (Fsp3) is 0.333. The minimum atomic E-state index is -1.49. The first-order chi connectivity index (χ1) is 14.3. The zero-order valence-corrected chi connectivity index (χ0v) is 17.3. The van der Waals surface area contributed by atoms with E-state index in [0.717, 1.165) is 23.2 Å². The molecule has 2 aromatic carbocycles. The molecule has 1 amide bonds. The van der Waals surface area contributed by atoms with Crippen LogP contribution >= 0.6 is 11.6 Å². The Morgan fingerprint density at radius 2 is 2.07 bits per heavy atom. The third kappa shape index (κ3) is 4.03. The van der Waals surface area contributed by atoms with Crippen LogP contribution in [0.4, 0.5) is 8.78 Å². The summed E-state index contributed by atoms with van der Waals surface area (Å²) in [6.45, 7) is 1.86. The predicted molar refractivity (Wildman–Crippen MR) is 109 cm³/mol. The fourth-order valence-corrected chi connectivity index (χ4v) is 3.53. The average Bonchev–Trinajstić information content (AvgIpc) is 3.13. The van der Waals surface area contributed by atoms with Crippen LogP contribution in [0.2, 0.25) is 5.02 Å². The van der Waals surface area contributed by atoms with Crippen LogP contribution in [0.1, 0.15) is 30.9 Å². The molecular formula is C21H22ClF2N3O3. The Balaban J connectivity index is 2.20. The summed E-state index contributed by atoms with van der Waals surface area (Å²) in [4.78, 5) is 13.1. The molecule has 160 valence electrons. The quantitative estimate of drug-likeness (QED) is 0.715. The number of nitrogens with zero attached hydrogens (tertiary/aromatic N) is 2. The van der Waals surface area contributed by atoms with Gasteiger partial charge in [-0.05, 0) is 44.2 Å². The number of methoxy groups -OCH3 is 1. The molecule has 3 rings (SSSR count). The molecule has 1 aliphatic heterocycles. The van der Waals surface area contributed by atoms with Gasteiger partial charge in [0, 0.05) is 24.1 Å². The third-order valence-corrected chi connectivity index (χ3v) is 5.21. The minimum Gasteiger partial charge on any atom is -0.443 e. The molecule has 2 aromatic rings. The summed E-state index contributed by atoms with van der Waals surface area (Å²) in [7, 11) is 1.38. The van der Waals surface area contributed by atoms with E-state index in [1.54, 1.807) is 31.2 Å². The topological polar surface area (TPSA) is 77.1 Å². The van der Waals surface area contributed by atoms with Gasteiger partial charge < -0.3 is 15.2 Å². The fourth-order valence-electron chi connectivity index (χ4n) is 3.25. The van der Waals surface area contributed by atoms with Gasteiger partial charge in [0.05, 0.1) is 5.56 Å². The molecular weight excluding hydrogens is 416 g/mol. The average molecular weight is 438 g/mol. The number of ether oxygens (including phenoxy) is 2. The lowest BCUT2D eigenvalue weighted by molar-refractivity contribution is -0.162. The molecule has 1 aliphatic rings. The van der Waals surface area contributed by atoms with Gasteiger partial charge >= 0.3 is 0 Å². The van der Waals surface area contributed by atoms with Crippen molar-refractivity contribution in [1.29, 1.82) is 0 Å². The van der Waals surface area contributed by atoms with Crippen LogP contribution in [-0.2, 0) is 20.0 Å². The maximum absolute atomic E-state index is 14.5. The lowest BCUT2D eigenvalue weighted by Crippen LogP contribution is -2.48. The first kappa shape index (κ1) is 22.1. The zero-order valence-electron chi connectivity index (χ0n) is 16.6. The zero-order chi connectivity index (χ0) is 21.9. The first-order valence-corrected chi connectivity index (χ1v) is 9.77. The highest BCUT2D eigenvalue weighted by Crippen LogP contribution is 2.44. The standard InChI is InChI=1S/C21H22ClF2N3O3/c1-13(29-2)20(28)27-21(10-5-11-25,16-6-3-4-7-17(16)22)30-19(26-27)15-12-14(23)8-9-18(15)24/h3-4,6-9,12-13H,5,10-11,25H2,1-2H3/t13-,21?/m0/s1. The van der Waals surface area contributed by atoms with E-state index in [1.165, 1.54) is 7.11 Å². The van der Waals surface area contributed by atoms with Crippen LogP contribution in [0.3, 0.4) is 0 Å². The molecule has 2 N–H and O–H groups in total. The summed E-state index contributed by atoms with van der Waals surface area (Å²) in [6.07, 6.45) is -0.196. The van der Waals surface area contributed by atoms with Gasteiger partial charge in [-0.3, -0.25) is 4.79 Å². The van der Waals surface area contributed by atoms with E-state index in [2.05, 4.69) is 5.10 Å². The van der Waals surface area contributed by atoms with Crippen LogP contribution in [-0.4, -0.2) is 36.6 Å². The Morgan fingerprint density at radius 3 is 2.73 bits per heavy atom. The number of hydrogen-bond acceptors (Lipinski definition) is 5. The van der Waals surface area contributed by atoms with E-state index in [-0.39, 0.29) is 17.9 Å². The van der Waals surface area contributed by atoms with Crippen molar-refractivity contribution in [1.82, 2.24) is 5.01 Å². The lowest BCUT2D eigenvalue weighted by atomic mass is 9.95. The van der Waals surface area contributed by atoms with Gasteiger partial charge in [0.15, 0.2) is 0 Å². The molecule has 30 heavy (non-hydrogen) atoms. The Morgan fingerprint density at radius 1 is 1.33 bits per heavy atom. The molecule has 0 aromatic heterocycles. The van der Waals surface area contributed by atoms with E-state index < -0.39 is 29.4 Å². The number of hydrogen-bond donors (Lipinski definition) is 1. The third-order valence-electron chi connectivity index (χ3n) is 4.88. The van der Waals surface area contributed by atoms with E-state index >= 15 is 0 Å². The van der Waals surface area contributed by atoms with Crippen molar-refractivity contribution in [2.45, 2.75) is 31.6 Å². The van der Waals surface area contributed by atoms with E-state index in [0.29, 0.717) is 23.6 Å². The largest absolute Gasteiger partial charge is 0.443 e. The van der Waals surface area contributed by atoms with Crippen LogP contribution in [0.25, 0.3) is 0 Å². The molecule has 0 radical (unpaired) electrons. The molecule has 0 bridgehead atoms. The molecule has 0 fully saturated rings. The number of rotatable bonds is 7. The van der Waals surface area contributed by atoms with Crippen LogP contribution in [0.5, 0.6) is 0 Å². The van der Waals surface area contributed by atoms with Crippen molar-refractivity contribution in [3.8, 4) is 0 Å². The van der Waals surface area contributed by atoms with Crippen LogP contribution in [0.15, 0.2) is 47.6 Å². The number of carbonyl (C=O) groups excluding carboxylic acids is 1. The van der Waals surface area contributed by atoms with E-state index in [4.69, 9.17) is 26.8 Å². The summed E-state index contributed by atoms with van der Waals surface area (Å²) >= 11 is 6.44. The van der Waals surface area contributed by atoms with Gasteiger partial charge in [0.25, 0.3) is 5.91 Å². The Hall–Kier alpha value is -2.55. The van der Waals surface area contributed by atoms with Gasteiger partial charge in [-0.1, -0.05) is 29.8 Å². The second-order valence-electron chi connectivity index (χ2n) is 6.82. The van der Waals surface area contributed by atoms with Crippen LogP contribution < -0.4 is 5.73 Å². The molecule has 2 atom stereocenters. The molecule has 9 heteroatoms. The van der Waals surface area contributed by atoms with Crippen molar-refractivity contribution >= 4 is 23.4 Å². The summed E-state index contributed by atoms with van der Waals surface area (Å²) in [5.74, 6) is -2.17. The molecule has 0 aliphatic carbocycles. The maximum Gasteiger partial charge on any atom is 0.275 e. The van der Waals surface area contributed by atoms with Crippen molar-refractivity contribution in [2.24, 2.45) is 10.8 Å². The van der Waals surface area contributed by atoms with Crippen molar-refractivity contribution < 1.29 is 23.0 Å². The molecule has 1 heterocycles. The summed E-state index contributed by atoms with van der Waals surface area (Å²) < 4.78 is 39.5. The highest BCUT2D eigenvalue weighted by molar-refractivity contribution is 6.31. The van der Waals surface area contributed by atoms with Gasteiger partial charge in [-0.2, -0.15) is 5.01 Å². The second kappa shape index (κ2) is 9.07. The smallest absolute Gasteiger partial charge is 0.275 e. The highest BCUT2D eigenvalue weighted by atomic mass is 35.5. The Kier molecular flexibility index (Phi) is 6.70. The molecule has 0 spiro atoms. The summed E-state index contributed by atoms with van der Waals surface area (Å²) in [5.41, 5.74) is 4.47. The van der Waals surface area contributed by atoms with Crippen molar-refractivity contribution in [2.75, 3.05) is 13.7 Å². The van der Waals surface area contributed by atoms with Crippen molar-refractivity contribution in [3.63, 3.8) is 0 Å². The monoisotopic (exact) mass is 437 g/mol. The molecule has 6 nitrogen and oxygen atoms in total. The number of nitrogens with two attached hydrogens (primary N) is 1. The molecule has 1 unspecified atom stereocenters. The maximum atomic E-state index is 14.5.